The molecule has 13 atom stereocenters. The van der Waals surface area contributed by atoms with E-state index >= 15 is 43.2 Å². The van der Waals surface area contributed by atoms with Crippen molar-refractivity contribution < 1.29 is 106 Å². The van der Waals surface area contributed by atoms with Crippen LogP contribution in [0.25, 0.3) is 10.9 Å². The highest BCUT2D eigenvalue weighted by atomic mass is 32.2. The third-order valence-corrected chi connectivity index (χ3v) is 24.4. The van der Waals surface area contributed by atoms with Crippen LogP contribution in [0.15, 0.2) is 134 Å². The lowest BCUT2D eigenvalue weighted by Crippen LogP contribution is -2.62. The van der Waals surface area contributed by atoms with Gasteiger partial charge in [-0.3, -0.25) is 81.5 Å². The number of carboxylic acids is 2. The number of phenolic OH excluding ortho intramolecular Hbond substituents is 1. The quantitative estimate of drug-likeness (QED) is 0.0437. The predicted molar refractivity (Wildman–Crippen MR) is 477 cm³/mol. The number of aliphatic carboxylic acids is 2. The second kappa shape index (κ2) is 47.8. The molecule has 3 fully saturated rings. The van der Waals surface area contributed by atoms with Crippen molar-refractivity contribution in [2.75, 3.05) is 52.3 Å². The van der Waals surface area contributed by atoms with E-state index in [1.165, 1.54) is 81.4 Å². The molecule has 39 heteroatoms. The van der Waals surface area contributed by atoms with Gasteiger partial charge >= 0.3 is 11.9 Å². The average molecular weight is 1840 g/mol. The molecule has 9 rings (SSSR count). The fraction of sp³-hybridized carbons (Fsp3) is 0.467. The minimum atomic E-state index is -2.01. The van der Waals surface area contributed by atoms with Gasteiger partial charge in [0.1, 0.15) is 95.9 Å². The third-order valence-electron chi connectivity index (χ3n) is 23.3. The summed E-state index contributed by atoms with van der Waals surface area (Å²) in [5, 5.41) is 55.3. The van der Waals surface area contributed by atoms with Gasteiger partial charge in [0, 0.05) is 89.2 Å². The highest BCUT2D eigenvalue weighted by molar-refractivity contribution is 8.00. The first kappa shape index (κ1) is 101. The Hall–Kier alpha value is -13.4. The number of aromatic hydroxyl groups is 1. The number of primary amides is 1. The number of benzene rings is 5. The summed E-state index contributed by atoms with van der Waals surface area (Å²) >= 11 is 0.772. The number of amides is 15. The summed E-state index contributed by atoms with van der Waals surface area (Å²) in [7, 11) is 3.81. The summed E-state index contributed by atoms with van der Waals surface area (Å²) in [4.78, 5) is 258. The number of carbonyl (C=O) groups excluding carboxylic acids is 15. The molecule has 15 N–H and O–H groups in total. The standard InChI is InChI=1S/C92H116F2N16O20S/c1-9-10-22-72-91(129)110-38-17-24-71(110)86(124)102-66(45-77(114)115)84(122)105-79(52(4)5)92(130)107(7)73(42-56-27-33-59(94)34-28-56)87(125)103-68(46-78(116)117)89(127)109-37-16-23-70(109)85(123)101-65(44-57-47-96-62-21-15-14-20-61(57)62)83(121)100-64(40-55-29-35-60(111)36-30-55)82(120)99-63(39-51(2)3)81(119)104-69(80(118)97-48-75(95)112)49-131-50-76(113)98-67(41-54-25-31-58(93)32-26-54)88(126)108(8)74(90(128)106(72)6)43-53-18-12-11-13-19-53/h11-15,18-21,25-36,47,51-52,63-74,79,96,111H,9-10,16-17,22-24,37-46,48-50H2,1-8H3,(H2,95,112)(H,97,118)(H,98,113)(H,99,120)(H,100,121)(H,101,123)(H,102,124)(H,103,125)(H,104,119)(H,105,122)(H,114,115)(H,116,117)/t63-,64-,65-,66-,67-,68-,69-,70+,71+,72-,73+,74-,79-/m0/s1. The Balaban J connectivity index is 1.12. The maximum Gasteiger partial charge on any atom is 0.305 e. The third kappa shape index (κ3) is 28.6. The van der Waals surface area contributed by atoms with Crippen LogP contribution in [-0.2, 0) is 114 Å². The van der Waals surface area contributed by atoms with Crippen molar-refractivity contribution in [3.8, 4) is 5.75 Å². The van der Waals surface area contributed by atoms with Gasteiger partial charge in [0.25, 0.3) is 0 Å². The van der Waals surface area contributed by atoms with E-state index in [-0.39, 0.29) is 88.6 Å². The molecule has 704 valence electrons. The van der Waals surface area contributed by atoms with E-state index in [0.29, 0.717) is 46.0 Å². The van der Waals surface area contributed by atoms with Gasteiger partial charge in [-0.05, 0) is 121 Å². The minimum Gasteiger partial charge on any atom is -0.508 e. The number of rotatable bonds is 23. The fourth-order valence-corrected chi connectivity index (χ4v) is 17.1. The molecule has 0 spiro atoms. The number of phenols is 1. The predicted octanol–water partition coefficient (Wildman–Crippen LogP) is 2.20. The number of halogens is 2. The van der Waals surface area contributed by atoms with Crippen molar-refractivity contribution in [1.82, 2.24) is 77.3 Å². The van der Waals surface area contributed by atoms with E-state index in [0.717, 1.165) is 62.7 Å². The molecule has 0 aliphatic carbocycles. The topological polar surface area (TPSA) is 517 Å². The number of likely N-dealkylation sites (N-methyl/N-ethyl adjacent to an activating group) is 3. The largest absolute Gasteiger partial charge is 0.508 e. The lowest BCUT2D eigenvalue weighted by Gasteiger charge is -2.38. The van der Waals surface area contributed by atoms with Crippen molar-refractivity contribution in [3.63, 3.8) is 0 Å². The Morgan fingerprint density at radius 1 is 0.496 bits per heavy atom. The van der Waals surface area contributed by atoms with Crippen LogP contribution in [-0.4, -0.2) is 276 Å². The number of nitrogens with zero attached hydrogens (tertiary/aromatic N) is 5. The Morgan fingerprint density at radius 2 is 0.977 bits per heavy atom. The van der Waals surface area contributed by atoms with Crippen molar-refractivity contribution in [2.24, 2.45) is 17.6 Å². The van der Waals surface area contributed by atoms with E-state index in [2.05, 4.69) is 52.8 Å². The average Bonchev–Trinajstić information content (AvgIpc) is 1.79. The maximum absolute atomic E-state index is 15.7. The first-order valence-corrected chi connectivity index (χ1v) is 44.7. The number of hydrogen-bond donors (Lipinski definition) is 14. The summed E-state index contributed by atoms with van der Waals surface area (Å²) in [6.45, 7) is 7.23. The number of aromatic amines is 1. The fourth-order valence-electron chi connectivity index (χ4n) is 16.2. The summed E-state index contributed by atoms with van der Waals surface area (Å²) in [6, 6.07) is 9.57. The van der Waals surface area contributed by atoms with Gasteiger partial charge < -0.3 is 98.4 Å². The van der Waals surface area contributed by atoms with Crippen LogP contribution >= 0.6 is 11.8 Å². The summed E-state index contributed by atoms with van der Waals surface area (Å²) in [6.07, 6.45) is -1.39. The van der Waals surface area contributed by atoms with E-state index in [4.69, 9.17) is 5.73 Å². The maximum atomic E-state index is 15.7. The molecule has 0 bridgehead atoms. The van der Waals surface area contributed by atoms with E-state index < -0.39 is 240 Å². The SMILES string of the molecule is CCCC[C@H]1C(=O)N2CCC[C@@H]2C(=O)N[C@@H](CC(=O)O)C(=O)N[C@@H](C(C)C)C(=O)N(C)[C@H](Cc2ccc(F)cc2)C(=O)N[C@@H](CC(=O)O)C(=O)N2CCC[C@@H]2C(=O)N[C@@H](Cc2c[nH]c3ccccc23)C(=O)N[C@@H](Cc2ccc(O)cc2)C(=O)N[C@@H](CC(C)C)C(=O)N[C@H](C(=O)NCC(N)=O)CSCC(=O)N[C@@H](Cc2ccc(F)cc2)C(=O)N(C)[C@@H](Cc2ccccc2)C(=O)N1C. The zero-order valence-corrected chi connectivity index (χ0v) is 75.1. The first-order valence-electron chi connectivity index (χ1n) is 43.6. The number of hydrogen-bond acceptors (Lipinski definition) is 19. The second-order valence-electron chi connectivity index (χ2n) is 33.9. The zero-order valence-electron chi connectivity index (χ0n) is 74.3. The Labute approximate surface area is 760 Å². The lowest BCUT2D eigenvalue weighted by atomic mass is 9.98. The Morgan fingerprint density at radius 3 is 1.56 bits per heavy atom. The van der Waals surface area contributed by atoms with Gasteiger partial charge in [-0.1, -0.05) is 132 Å². The monoisotopic (exact) mass is 1830 g/mol. The molecule has 36 nitrogen and oxygen atoms in total. The molecular weight excluding hydrogens is 1720 g/mol. The van der Waals surface area contributed by atoms with Gasteiger partial charge in [0.2, 0.25) is 88.6 Å². The molecule has 3 saturated heterocycles. The number of H-pyrrole nitrogens is 1. The molecule has 3 aliphatic rings. The van der Waals surface area contributed by atoms with Crippen LogP contribution in [0.3, 0.4) is 0 Å². The van der Waals surface area contributed by atoms with E-state index in [1.807, 2.05) is 6.92 Å². The van der Waals surface area contributed by atoms with Crippen molar-refractivity contribution >= 4 is 123 Å². The van der Waals surface area contributed by atoms with Gasteiger partial charge in [0.15, 0.2) is 0 Å². The normalized spacial score (nSPS) is 23.7. The summed E-state index contributed by atoms with van der Waals surface area (Å²) < 4.78 is 29.2. The molecule has 1 aromatic heterocycles. The van der Waals surface area contributed by atoms with Gasteiger partial charge in [0.05, 0.1) is 25.1 Å². The highest BCUT2D eigenvalue weighted by Crippen LogP contribution is 2.28. The molecule has 6 aromatic rings. The molecule has 0 saturated carbocycles. The molecule has 0 unspecified atom stereocenters. The minimum absolute atomic E-state index is 0.000337. The number of aromatic nitrogens is 1. The Bertz CT molecular complexity index is 5110. The number of para-hydroxylation sites is 1. The number of nitrogens with two attached hydrogens (primary N) is 1. The number of carboxylic acid groups (broad SMARTS) is 2. The van der Waals surface area contributed by atoms with Crippen molar-refractivity contribution in [2.45, 2.75) is 209 Å². The smallest absolute Gasteiger partial charge is 0.305 e. The van der Waals surface area contributed by atoms with Crippen LogP contribution in [0.2, 0.25) is 0 Å². The molecule has 3 aliphatic heterocycles. The second-order valence-corrected chi connectivity index (χ2v) is 35.0. The molecule has 131 heavy (non-hydrogen) atoms. The number of carbonyl (C=O) groups is 17. The number of unbranched alkanes of at least 4 members (excludes halogenated alkanes) is 1. The first-order chi connectivity index (χ1) is 62.3. The number of thioether (sulfide) groups is 1. The van der Waals surface area contributed by atoms with Crippen LogP contribution in [0, 0.1) is 23.5 Å². The van der Waals surface area contributed by atoms with Gasteiger partial charge in [-0.15, -0.1) is 11.8 Å². The van der Waals surface area contributed by atoms with Crippen molar-refractivity contribution in [3.05, 3.63) is 173 Å². The summed E-state index contributed by atoms with van der Waals surface area (Å²) in [5.41, 5.74) is 7.99. The van der Waals surface area contributed by atoms with Crippen molar-refractivity contribution in [1.29, 1.82) is 0 Å². The Kier molecular flexibility index (Phi) is 37.0. The van der Waals surface area contributed by atoms with E-state index in [9.17, 15) is 62.5 Å². The van der Waals surface area contributed by atoms with Gasteiger partial charge in [-0.2, -0.15) is 0 Å². The lowest BCUT2D eigenvalue weighted by molar-refractivity contribution is -0.152. The molecule has 0 radical (unpaired) electrons. The number of nitrogens with one attached hydrogen (secondary N) is 10. The van der Waals surface area contributed by atoms with E-state index in [1.54, 1.807) is 74.6 Å². The highest BCUT2D eigenvalue weighted by Gasteiger charge is 2.47. The molecular formula is C92H116F2N16O20S. The molecule has 4 heterocycles. The van der Waals surface area contributed by atoms with Crippen LogP contribution in [0.5, 0.6) is 5.75 Å². The zero-order chi connectivity index (χ0) is 95.6. The summed E-state index contributed by atoms with van der Waals surface area (Å²) in [5.74, 6) is -21.7. The van der Waals surface area contributed by atoms with Crippen LogP contribution in [0.1, 0.15) is 127 Å². The molecule has 5 aromatic carbocycles. The van der Waals surface area contributed by atoms with Crippen LogP contribution < -0.4 is 53.6 Å². The molecule has 15 amide bonds. The number of fused-ring (bicyclic) bond motifs is 3. The van der Waals surface area contributed by atoms with Gasteiger partial charge in [-0.25, -0.2) is 8.78 Å². The van der Waals surface area contributed by atoms with Crippen LogP contribution in [0.4, 0.5) is 8.78 Å².